The molecule has 0 radical (unpaired) electrons. The summed E-state index contributed by atoms with van der Waals surface area (Å²) in [5.41, 5.74) is 7.32. The van der Waals surface area contributed by atoms with Gasteiger partial charge in [0, 0.05) is 25.7 Å². The van der Waals surface area contributed by atoms with E-state index in [4.69, 9.17) is 10.5 Å². The molecule has 4 heteroatoms. The van der Waals surface area contributed by atoms with Crippen LogP contribution in [0.5, 0.6) is 5.75 Å². The summed E-state index contributed by atoms with van der Waals surface area (Å²) >= 11 is 0. The monoisotopic (exact) mass is 293 g/mol. The lowest BCUT2D eigenvalue weighted by Crippen LogP contribution is -2.38. The molecule has 21 heavy (non-hydrogen) atoms. The van der Waals surface area contributed by atoms with Crippen LogP contribution in [0.25, 0.3) is 0 Å². The second kappa shape index (κ2) is 9.77. The van der Waals surface area contributed by atoms with E-state index in [-0.39, 0.29) is 6.04 Å². The normalized spacial score (nSPS) is 12.9. The van der Waals surface area contributed by atoms with Gasteiger partial charge in [0.25, 0.3) is 0 Å². The largest absolute Gasteiger partial charge is 0.494 e. The van der Waals surface area contributed by atoms with Gasteiger partial charge >= 0.3 is 0 Å². The van der Waals surface area contributed by atoms with E-state index in [9.17, 15) is 0 Å². The number of benzene rings is 1. The summed E-state index contributed by atoms with van der Waals surface area (Å²) < 4.78 is 5.51. The molecule has 1 rings (SSSR count). The summed E-state index contributed by atoms with van der Waals surface area (Å²) in [5, 5.41) is 0. The van der Waals surface area contributed by atoms with Crippen LogP contribution in [0.15, 0.2) is 24.3 Å². The Hall–Kier alpha value is -1.10. The maximum absolute atomic E-state index is 6.05. The summed E-state index contributed by atoms with van der Waals surface area (Å²) in [5.74, 6) is 0.923. The Bertz CT molecular complexity index is 378. The van der Waals surface area contributed by atoms with Crippen LogP contribution >= 0.6 is 0 Å². The molecule has 1 atom stereocenters. The third-order valence-electron chi connectivity index (χ3n) is 3.59. The molecule has 0 aromatic heterocycles. The van der Waals surface area contributed by atoms with E-state index < -0.39 is 0 Å². The number of ether oxygens (including phenoxy) is 1. The molecule has 0 aliphatic carbocycles. The number of likely N-dealkylation sites (N-methyl/N-ethyl adjacent to an activating group) is 1. The average molecular weight is 293 g/mol. The Kier molecular flexibility index (Phi) is 8.35. The van der Waals surface area contributed by atoms with Crippen LogP contribution in [0.1, 0.15) is 31.9 Å². The molecule has 1 aromatic rings. The summed E-state index contributed by atoms with van der Waals surface area (Å²) in [6.45, 7) is 8.72. The molecule has 0 aliphatic heterocycles. The number of hydrogen-bond donors (Lipinski definition) is 1. The van der Waals surface area contributed by atoms with Crippen LogP contribution in [0, 0.1) is 0 Å². The van der Waals surface area contributed by atoms with Gasteiger partial charge in [-0.05, 0) is 51.7 Å². The number of rotatable bonds is 10. The molecule has 0 fully saturated rings. The molecule has 2 N–H and O–H groups in total. The second-order valence-corrected chi connectivity index (χ2v) is 5.59. The van der Waals surface area contributed by atoms with Crippen molar-refractivity contribution in [1.29, 1.82) is 0 Å². The molecule has 0 saturated heterocycles. The number of nitrogens with zero attached hydrogens (tertiary/aromatic N) is 2. The van der Waals surface area contributed by atoms with Crippen molar-refractivity contribution in [1.82, 2.24) is 9.80 Å². The zero-order chi connectivity index (χ0) is 15.7. The fraction of sp³-hybridized carbons (Fsp3) is 0.647. The van der Waals surface area contributed by atoms with Gasteiger partial charge in [-0.2, -0.15) is 0 Å². The van der Waals surface area contributed by atoms with Crippen molar-refractivity contribution < 1.29 is 4.74 Å². The van der Waals surface area contributed by atoms with E-state index in [1.807, 2.05) is 19.1 Å². The van der Waals surface area contributed by atoms with E-state index in [0.29, 0.717) is 13.2 Å². The van der Waals surface area contributed by atoms with E-state index >= 15 is 0 Å². The van der Waals surface area contributed by atoms with Gasteiger partial charge in [-0.25, -0.2) is 0 Å². The highest BCUT2D eigenvalue weighted by Gasteiger charge is 2.18. The second-order valence-electron chi connectivity index (χ2n) is 5.59. The van der Waals surface area contributed by atoms with Gasteiger partial charge in [-0.15, -0.1) is 0 Å². The quantitative estimate of drug-likeness (QED) is 0.719. The van der Waals surface area contributed by atoms with E-state index in [2.05, 4.69) is 43.0 Å². The molecule has 0 saturated carbocycles. The lowest BCUT2D eigenvalue weighted by molar-refractivity contribution is 0.182. The van der Waals surface area contributed by atoms with Crippen molar-refractivity contribution in [2.75, 3.05) is 46.9 Å². The van der Waals surface area contributed by atoms with Gasteiger partial charge in [-0.3, -0.25) is 4.90 Å². The van der Waals surface area contributed by atoms with Gasteiger partial charge in [0.1, 0.15) is 5.75 Å². The highest BCUT2D eigenvalue weighted by Crippen LogP contribution is 2.22. The minimum atomic E-state index is 0.278. The van der Waals surface area contributed by atoms with Crippen LogP contribution < -0.4 is 10.5 Å². The maximum Gasteiger partial charge on any atom is 0.119 e. The van der Waals surface area contributed by atoms with Crippen molar-refractivity contribution in [3.63, 3.8) is 0 Å². The molecular weight excluding hydrogens is 262 g/mol. The minimum Gasteiger partial charge on any atom is -0.494 e. The van der Waals surface area contributed by atoms with Gasteiger partial charge in [0.2, 0.25) is 0 Å². The van der Waals surface area contributed by atoms with Crippen molar-refractivity contribution in [3.05, 3.63) is 29.8 Å². The first-order valence-electron chi connectivity index (χ1n) is 7.93. The van der Waals surface area contributed by atoms with E-state index in [1.165, 1.54) is 5.56 Å². The molecular formula is C17H31N3O. The summed E-state index contributed by atoms with van der Waals surface area (Å²) in [6, 6.07) is 8.64. The van der Waals surface area contributed by atoms with Crippen LogP contribution in [0.4, 0.5) is 0 Å². The van der Waals surface area contributed by atoms with Crippen LogP contribution in [-0.2, 0) is 0 Å². The predicted molar refractivity (Wildman–Crippen MR) is 89.8 cm³/mol. The summed E-state index contributed by atoms with van der Waals surface area (Å²) in [4.78, 5) is 4.70. The molecule has 0 bridgehead atoms. The summed E-state index contributed by atoms with van der Waals surface area (Å²) in [6.07, 6.45) is 1.14. The van der Waals surface area contributed by atoms with E-state index in [0.717, 1.165) is 31.8 Å². The Labute approximate surface area is 129 Å². The number of hydrogen-bond acceptors (Lipinski definition) is 4. The third-order valence-corrected chi connectivity index (χ3v) is 3.59. The first-order valence-corrected chi connectivity index (χ1v) is 7.93. The maximum atomic E-state index is 6.05. The van der Waals surface area contributed by atoms with Crippen molar-refractivity contribution in [2.24, 2.45) is 5.73 Å². The minimum absolute atomic E-state index is 0.278. The lowest BCUT2D eigenvalue weighted by Gasteiger charge is -2.32. The highest BCUT2D eigenvalue weighted by molar-refractivity contribution is 5.29. The Balaban J connectivity index is 2.80. The highest BCUT2D eigenvalue weighted by atomic mass is 16.5. The SMILES string of the molecule is CCCN(CCN(C)C)C(CN)c1ccc(OCC)cc1. The van der Waals surface area contributed by atoms with Crippen molar-refractivity contribution in [2.45, 2.75) is 26.3 Å². The Morgan fingerprint density at radius 2 is 1.71 bits per heavy atom. The fourth-order valence-corrected chi connectivity index (χ4v) is 2.49. The van der Waals surface area contributed by atoms with Crippen LogP contribution in [0.3, 0.4) is 0 Å². The molecule has 0 spiro atoms. The van der Waals surface area contributed by atoms with Crippen LogP contribution in [0.2, 0.25) is 0 Å². The molecule has 120 valence electrons. The molecule has 1 aromatic carbocycles. The average Bonchev–Trinajstić information content (AvgIpc) is 2.47. The predicted octanol–water partition coefficient (Wildman–Crippen LogP) is 2.36. The first-order chi connectivity index (χ1) is 10.1. The molecule has 0 heterocycles. The molecule has 0 amide bonds. The fourth-order valence-electron chi connectivity index (χ4n) is 2.49. The van der Waals surface area contributed by atoms with Crippen LogP contribution in [-0.4, -0.2) is 56.7 Å². The molecule has 1 unspecified atom stereocenters. The molecule has 0 aliphatic rings. The summed E-state index contributed by atoms with van der Waals surface area (Å²) in [7, 11) is 4.22. The smallest absolute Gasteiger partial charge is 0.119 e. The van der Waals surface area contributed by atoms with Crippen molar-refractivity contribution >= 4 is 0 Å². The topological polar surface area (TPSA) is 41.7 Å². The van der Waals surface area contributed by atoms with Gasteiger partial charge in [0.15, 0.2) is 0 Å². The third kappa shape index (κ3) is 6.04. The first kappa shape index (κ1) is 18.0. The zero-order valence-corrected chi connectivity index (χ0v) is 14.0. The van der Waals surface area contributed by atoms with Gasteiger partial charge in [-0.1, -0.05) is 19.1 Å². The zero-order valence-electron chi connectivity index (χ0n) is 14.0. The Morgan fingerprint density at radius 1 is 1.05 bits per heavy atom. The number of nitrogens with two attached hydrogens (primary N) is 1. The van der Waals surface area contributed by atoms with Gasteiger partial charge < -0.3 is 15.4 Å². The van der Waals surface area contributed by atoms with Gasteiger partial charge in [0.05, 0.1) is 6.61 Å². The molecule has 4 nitrogen and oxygen atoms in total. The Morgan fingerprint density at radius 3 is 2.19 bits per heavy atom. The standard InChI is InChI=1S/C17H31N3O/c1-5-11-20(13-12-19(3)4)17(14-18)15-7-9-16(10-8-15)21-6-2/h7-10,17H,5-6,11-14,18H2,1-4H3. The van der Waals surface area contributed by atoms with Crippen molar-refractivity contribution in [3.8, 4) is 5.75 Å². The lowest BCUT2D eigenvalue weighted by atomic mass is 10.0. The van der Waals surface area contributed by atoms with E-state index in [1.54, 1.807) is 0 Å².